The number of hydrogen-bond donors (Lipinski definition) is 1. The Morgan fingerprint density at radius 2 is 2.47 bits per heavy atom. The topological polar surface area (TPSA) is 64.4 Å². The van der Waals surface area contributed by atoms with Gasteiger partial charge in [-0.3, -0.25) is 0 Å². The van der Waals surface area contributed by atoms with E-state index in [1.807, 2.05) is 12.1 Å². The molecular formula is C13H16N2O3S. The molecule has 0 amide bonds. The van der Waals surface area contributed by atoms with Crippen LogP contribution in [-0.4, -0.2) is 24.1 Å². The summed E-state index contributed by atoms with van der Waals surface area (Å²) < 4.78 is 10.1. The van der Waals surface area contributed by atoms with Crippen LogP contribution in [0, 0.1) is 0 Å². The first-order valence-corrected chi connectivity index (χ1v) is 7.02. The summed E-state index contributed by atoms with van der Waals surface area (Å²) in [7, 11) is 0. The van der Waals surface area contributed by atoms with Gasteiger partial charge in [-0.2, -0.15) is 0 Å². The number of nitrogens with one attached hydrogen (secondary N) is 1. The predicted octanol–water partition coefficient (Wildman–Crippen LogP) is 2.25. The molecule has 5 nitrogen and oxygen atoms in total. The van der Waals surface area contributed by atoms with Gasteiger partial charge in [-0.25, -0.2) is 9.78 Å². The second-order valence-corrected chi connectivity index (χ2v) is 4.80. The van der Waals surface area contributed by atoms with Gasteiger partial charge in [0, 0.05) is 18.3 Å². The molecule has 0 atom stereocenters. The summed E-state index contributed by atoms with van der Waals surface area (Å²) in [6.45, 7) is 3.64. The number of esters is 1. The number of thiazole rings is 1. The normalized spacial score (nSPS) is 10.6. The highest BCUT2D eigenvalue weighted by Gasteiger charge is 2.11. The highest BCUT2D eigenvalue weighted by molar-refractivity contribution is 7.09. The van der Waals surface area contributed by atoms with Gasteiger partial charge in [0.15, 0.2) is 5.69 Å². The second kappa shape index (κ2) is 7.06. The Morgan fingerprint density at radius 3 is 3.21 bits per heavy atom. The maximum atomic E-state index is 11.4. The molecule has 0 aromatic carbocycles. The zero-order valence-corrected chi connectivity index (χ0v) is 11.5. The monoisotopic (exact) mass is 280 g/mol. The average Bonchev–Trinajstić information content (AvgIpc) is 3.06. The smallest absolute Gasteiger partial charge is 0.357 e. The van der Waals surface area contributed by atoms with Gasteiger partial charge in [-0.15, -0.1) is 11.3 Å². The Bertz CT molecular complexity index is 508. The van der Waals surface area contributed by atoms with Crippen molar-refractivity contribution in [1.29, 1.82) is 0 Å². The Labute approximate surface area is 115 Å². The third-order valence-electron chi connectivity index (χ3n) is 2.43. The third kappa shape index (κ3) is 4.18. The van der Waals surface area contributed by atoms with Crippen molar-refractivity contribution in [1.82, 2.24) is 10.3 Å². The molecule has 0 unspecified atom stereocenters. The van der Waals surface area contributed by atoms with Gasteiger partial charge >= 0.3 is 5.97 Å². The van der Waals surface area contributed by atoms with E-state index in [1.54, 1.807) is 18.6 Å². The summed E-state index contributed by atoms with van der Waals surface area (Å²) in [5.41, 5.74) is 0.396. The fourth-order valence-electron chi connectivity index (χ4n) is 1.54. The van der Waals surface area contributed by atoms with E-state index in [0.717, 1.165) is 23.7 Å². The quantitative estimate of drug-likeness (QED) is 0.622. The summed E-state index contributed by atoms with van der Waals surface area (Å²) in [5.74, 6) is 0.555. The number of aromatic nitrogens is 1. The van der Waals surface area contributed by atoms with Crippen LogP contribution < -0.4 is 5.32 Å². The SMILES string of the molecule is CCOC(=O)c1csc(CCNCc2ccco2)n1. The van der Waals surface area contributed by atoms with Crippen molar-refractivity contribution >= 4 is 17.3 Å². The summed E-state index contributed by atoms with van der Waals surface area (Å²) >= 11 is 1.48. The van der Waals surface area contributed by atoms with Crippen LogP contribution in [0.25, 0.3) is 0 Å². The van der Waals surface area contributed by atoms with Crippen molar-refractivity contribution in [2.45, 2.75) is 19.9 Å². The minimum Gasteiger partial charge on any atom is -0.468 e. The van der Waals surface area contributed by atoms with Crippen LogP contribution >= 0.6 is 11.3 Å². The van der Waals surface area contributed by atoms with Gasteiger partial charge in [0.2, 0.25) is 0 Å². The number of furan rings is 1. The van der Waals surface area contributed by atoms with E-state index >= 15 is 0 Å². The van der Waals surface area contributed by atoms with Crippen molar-refractivity contribution < 1.29 is 13.9 Å². The maximum Gasteiger partial charge on any atom is 0.357 e. The first-order chi connectivity index (χ1) is 9.29. The number of rotatable bonds is 7. The summed E-state index contributed by atoms with van der Waals surface area (Å²) in [4.78, 5) is 15.7. The number of nitrogens with zero attached hydrogens (tertiary/aromatic N) is 1. The standard InChI is InChI=1S/C13H16N2O3S/c1-2-17-13(16)11-9-19-12(15-11)5-6-14-8-10-4-3-7-18-10/h3-4,7,9,14H,2,5-6,8H2,1H3. The fraction of sp³-hybridized carbons (Fsp3) is 0.385. The third-order valence-corrected chi connectivity index (χ3v) is 3.34. The van der Waals surface area contributed by atoms with Crippen LogP contribution in [0.15, 0.2) is 28.2 Å². The van der Waals surface area contributed by atoms with E-state index in [-0.39, 0.29) is 5.97 Å². The van der Waals surface area contributed by atoms with Crippen LogP contribution in [0.2, 0.25) is 0 Å². The molecule has 0 spiro atoms. The van der Waals surface area contributed by atoms with Crippen LogP contribution in [0.4, 0.5) is 0 Å². The van der Waals surface area contributed by atoms with E-state index in [4.69, 9.17) is 9.15 Å². The second-order valence-electron chi connectivity index (χ2n) is 3.85. The summed E-state index contributed by atoms with van der Waals surface area (Å²) in [6.07, 6.45) is 2.44. The maximum absolute atomic E-state index is 11.4. The number of carbonyl (C=O) groups is 1. The molecule has 2 heterocycles. The van der Waals surface area contributed by atoms with Gasteiger partial charge < -0.3 is 14.5 Å². The number of hydrogen-bond acceptors (Lipinski definition) is 6. The minimum atomic E-state index is -0.353. The van der Waals surface area contributed by atoms with Crippen molar-refractivity contribution in [3.05, 3.63) is 40.2 Å². The molecule has 0 radical (unpaired) electrons. The highest BCUT2D eigenvalue weighted by Crippen LogP contribution is 2.11. The van der Waals surface area contributed by atoms with Gasteiger partial charge in [-0.1, -0.05) is 0 Å². The zero-order chi connectivity index (χ0) is 13.5. The molecule has 0 aliphatic rings. The largest absolute Gasteiger partial charge is 0.468 e. The van der Waals surface area contributed by atoms with Crippen molar-refractivity contribution in [2.75, 3.05) is 13.2 Å². The summed E-state index contributed by atoms with van der Waals surface area (Å²) in [6, 6.07) is 3.79. The molecule has 6 heteroatoms. The van der Waals surface area contributed by atoms with Crippen LogP contribution in [0.5, 0.6) is 0 Å². The van der Waals surface area contributed by atoms with E-state index in [1.165, 1.54) is 11.3 Å². The molecule has 0 saturated carbocycles. The van der Waals surface area contributed by atoms with Crippen molar-refractivity contribution in [3.8, 4) is 0 Å². The molecule has 0 saturated heterocycles. The molecule has 2 aromatic heterocycles. The molecule has 0 bridgehead atoms. The Kier molecular flexibility index (Phi) is 5.11. The average molecular weight is 280 g/mol. The van der Waals surface area contributed by atoms with Crippen LogP contribution in [-0.2, 0) is 17.7 Å². The predicted molar refractivity (Wildman–Crippen MR) is 72.2 cm³/mol. The Balaban J connectivity index is 1.72. The van der Waals surface area contributed by atoms with Crippen molar-refractivity contribution in [2.24, 2.45) is 0 Å². The molecule has 19 heavy (non-hydrogen) atoms. The lowest BCUT2D eigenvalue weighted by Gasteiger charge is -2.00. The van der Waals surface area contributed by atoms with E-state index < -0.39 is 0 Å². The Hall–Kier alpha value is -1.66. The van der Waals surface area contributed by atoms with Crippen molar-refractivity contribution in [3.63, 3.8) is 0 Å². The molecular weight excluding hydrogens is 264 g/mol. The summed E-state index contributed by atoms with van der Waals surface area (Å²) in [5, 5.41) is 5.92. The number of ether oxygens (including phenoxy) is 1. The first-order valence-electron chi connectivity index (χ1n) is 6.14. The lowest BCUT2D eigenvalue weighted by atomic mass is 10.4. The first kappa shape index (κ1) is 13.8. The van der Waals surface area contributed by atoms with E-state index in [0.29, 0.717) is 18.8 Å². The number of carbonyl (C=O) groups excluding carboxylic acids is 1. The van der Waals surface area contributed by atoms with E-state index in [9.17, 15) is 4.79 Å². The van der Waals surface area contributed by atoms with Gasteiger partial charge in [-0.05, 0) is 19.1 Å². The molecule has 2 rings (SSSR count). The van der Waals surface area contributed by atoms with Gasteiger partial charge in [0.1, 0.15) is 5.76 Å². The highest BCUT2D eigenvalue weighted by atomic mass is 32.1. The minimum absolute atomic E-state index is 0.353. The fourth-order valence-corrected chi connectivity index (χ4v) is 2.31. The molecule has 0 fully saturated rings. The van der Waals surface area contributed by atoms with Gasteiger partial charge in [0.25, 0.3) is 0 Å². The molecule has 0 aliphatic heterocycles. The molecule has 1 N–H and O–H groups in total. The Morgan fingerprint density at radius 1 is 1.58 bits per heavy atom. The van der Waals surface area contributed by atoms with Crippen LogP contribution in [0.1, 0.15) is 28.2 Å². The lowest BCUT2D eigenvalue weighted by Crippen LogP contribution is -2.16. The van der Waals surface area contributed by atoms with Crippen LogP contribution in [0.3, 0.4) is 0 Å². The van der Waals surface area contributed by atoms with Gasteiger partial charge in [0.05, 0.1) is 24.4 Å². The van der Waals surface area contributed by atoms with E-state index in [2.05, 4.69) is 10.3 Å². The molecule has 102 valence electrons. The molecule has 0 aliphatic carbocycles. The molecule has 2 aromatic rings. The zero-order valence-electron chi connectivity index (χ0n) is 10.7. The lowest BCUT2D eigenvalue weighted by molar-refractivity contribution is 0.0520.